The van der Waals surface area contributed by atoms with Gasteiger partial charge in [-0.05, 0) is 24.8 Å². The summed E-state index contributed by atoms with van der Waals surface area (Å²) >= 11 is 0. The van der Waals surface area contributed by atoms with Gasteiger partial charge in [0.1, 0.15) is 0 Å². The van der Waals surface area contributed by atoms with Gasteiger partial charge in [-0.1, -0.05) is 43.2 Å². The third kappa shape index (κ3) is 6.02. The molecule has 1 aliphatic carbocycles. The molecule has 3 N–H and O–H groups in total. The van der Waals surface area contributed by atoms with Gasteiger partial charge in [-0.2, -0.15) is 0 Å². The Balaban J connectivity index is 1.78. The smallest absolute Gasteiger partial charge is 0.290 e. The number of ketones is 1. The van der Waals surface area contributed by atoms with E-state index in [0.717, 1.165) is 18.4 Å². The number of amides is 3. The van der Waals surface area contributed by atoms with Crippen molar-refractivity contribution in [2.24, 2.45) is 5.92 Å². The van der Waals surface area contributed by atoms with E-state index in [4.69, 9.17) is 0 Å². The molecule has 1 aliphatic rings. The van der Waals surface area contributed by atoms with Crippen LogP contribution in [0.25, 0.3) is 0 Å². The van der Waals surface area contributed by atoms with Crippen molar-refractivity contribution in [3.05, 3.63) is 35.9 Å². The molecule has 1 aromatic rings. The topological polar surface area (TPSA) is 104 Å². The highest BCUT2D eigenvalue weighted by Gasteiger charge is 2.32. The van der Waals surface area contributed by atoms with Gasteiger partial charge in [0.25, 0.3) is 5.91 Å². The molecule has 7 heteroatoms. The summed E-state index contributed by atoms with van der Waals surface area (Å²) in [6.07, 6.45) is 2.89. The molecular weight excluding hydrogens is 322 g/mol. The molecule has 134 valence electrons. The molecular formula is C18H23N3O4. The first-order valence-electron chi connectivity index (χ1n) is 8.37. The number of hydrogen-bond acceptors (Lipinski definition) is 4. The van der Waals surface area contributed by atoms with Crippen LogP contribution in [0, 0.1) is 5.92 Å². The van der Waals surface area contributed by atoms with Crippen molar-refractivity contribution in [2.75, 3.05) is 6.54 Å². The van der Waals surface area contributed by atoms with E-state index in [1.807, 2.05) is 37.3 Å². The zero-order valence-corrected chi connectivity index (χ0v) is 14.2. The molecule has 0 bridgehead atoms. The minimum absolute atomic E-state index is 0.208. The van der Waals surface area contributed by atoms with Crippen LogP contribution in [0.5, 0.6) is 0 Å². The molecule has 2 atom stereocenters. The molecule has 1 aromatic carbocycles. The molecule has 0 aromatic heterocycles. The number of carbonyl (C=O) groups excluding carboxylic acids is 4. The van der Waals surface area contributed by atoms with E-state index in [2.05, 4.69) is 16.0 Å². The molecule has 0 spiro atoms. The van der Waals surface area contributed by atoms with Gasteiger partial charge in [0.2, 0.25) is 18.1 Å². The second kappa shape index (κ2) is 8.96. The summed E-state index contributed by atoms with van der Waals surface area (Å²) in [7, 11) is 0. The Kier molecular flexibility index (Phi) is 6.68. The molecule has 0 saturated heterocycles. The second-order valence-corrected chi connectivity index (χ2v) is 6.26. The van der Waals surface area contributed by atoms with Crippen LogP contribution in [0.4, 0.5) is 0 Å². The largest absolute Gasteiger partial charge is 0.348 e. The van der Waals surface area contributed by atoms with Crippen LogP contribution in [-0.4, -0.2) is 36.6 Å². The number of Topliss-reactive ketones (excluding diaryl/α,β-unsaturated/α-hetero) is 1. The lowest BCUT2D eigenvalue weighted by molar-refractivity contribution is -0.140. The quantitative estimate of drug-likeness (QED) is 0.423. The van der Waals surface area contributed by atoms with Crippen LogP contribution in [-0.2, 0) is 19.2 Å². The third-order valence-corrected chi connectivity index (χ3v) is 4.16. The van der Waals surface area contributed by atoms with E-state index in [1.165, 1.54) is 0 Å². The van der Waals surface area contributed by atoms with Crippen molar-refractivity contribution in [1.82, 2.24) is 16.0 Å². The van der Waals surface area contributed by atoms with Crippen LogP contribution in [0.3, 0.4) is 0 Å². The van der Waals surface area contributed by atoms with Crippen LogP contribution in [0.15, 0.2) is 30.3 Å². The van der Waals surface area contributed by atoms with Crippen LogP contribution in [0.2, 0.25) is 0 Å². The number of hydrogen-bond donors (Lipinski definition) is 3. The van der Waals surface area contributed by atoms with Crippen molar-refractivity contribution in [2.45, 2.75) is 38.3 Å². The van der Waals surface area contributed by atoms with Crippen molar-refractivity contribution in [1.29, 1.82) is 0 Å². The Hall–Kier alpha value is -2.70. The van der Waals surface area contributed by atoms with Gasteiger partial charge >= 0.3 is 0 Å². The van der Waals surface area contributed by atoms with Gasteiger partial charge in [0, 0.05) is 0 Å². The predicted molar refractivity (Wildman–Crippen MR) is 91.3 cm³/mol. The second-order valence-electron chi connectivity index (χ2n) is 6.26. The van der Waals surface area contributed by atoms with E-state index in [1.54, 1.807) is 0 Å². The normalized spacial score (nSPS) is 15.6. The van der Waals surface area contributed by atoms with E-state index in [0.29, 0.717) is 18.7 Å². The average Bonchev–Trinajstić information content (AvgIpc) is 3.43. The Morgan fingerprint density at radius 1 is 1.20 bits per heavy atom. The van der Waals surface area contributed by atoms with Crippen molar-refractivity contribution < 1.29 is 19.2 Å². The van der Waals surface area contributed by atoms with Crippen LogP contribution >= 0.6 is 0 Å². The zero-order valence-electron chi connectivity index (χ0n) is 14.2. The summed E-state index contributed by atoms with van der Waals surface area (Å²) in [5.41, 5.74) is 0.943. The van der Waals surface area contributed by atoms with Crippen LogP contribution in [0.1, 0.15) is 37.8 Å². The molecule has 1 fully saturated rings. The first kappa shape index (κ1) is 18.6. The maximum atomic E-state index is 12.1. The molecule has 0 heterocycles. The van der Waals surface area contributed by atoms with Gasteiger partial charge < -0.3 is 16.0 Å². The molecule has 0 radical (unpaired) electrons. The van der Waals surface area contributed by atoms with Gasteiger partial charge in [-0.15, -0.1) is 0 Å². The van der Waals surface area contributed by atoms with Crippen LogP contribution < -0.4 is 16.0 Å². The van der Waals surface area contributed by atoms with E-state index in [9.17, 15) is 19.2 Å². The van der Waals surface area contributed by atoms with Gasteiger partial charge in [-0.25, -0.2) is 0 Å². The number of nitrogens with one attached hydrogen (secondary N) is 3. The van der Waals surface area contributed by atoms with Gasteiger partial charge in [-0.3, -0.25) is 19.2 Å². The molecule has 3 amide bonds. The lowest BCUT2D eigenvalue weighted by Crippen LogP contribution is -2.47. The first-order valence-corrected chi connectivity index (χ1v) is 8.37. The summed E-state index contributed by atoms with van der Waals surface area (Å²) in [5, 5.41) is 7.45. The summed E-state index contributed by atoms with van der Waals surface area (Å²) in [6.45, 7) is 1.54. The Bertz CT molecular complexity index is 628. The van der Waals surface area contributed by atoms with Gasteiger partial charge in [0.15, 0.2) is 0 Å². The highest BCUT2D eigenvalue weighted by atomic mass is 16.2. The summed E-state index contributed by atoms with van der Waals surface area (Å²) in [4.78, 5) is 46.5. The zero-order chi connectivity index (χ0) is 18.2. The molecule has 1 saturated carbocycles. The van der Waals surface area contributed by atoms with Crippen molar-refractivity contribution >= 4 is 24.0 Å². The summed E-state index contributed by atoms with van der Waals surface area (Å²) in [6, 6.07) is 8.38. The van der Waals surface area contributed by atoms with Crippen molar-refractivity contribution in [3.8, 4) is 0 Å². The SMILES string of the molecule is CC(NC(=O)CNC(=O)C(=O)C(CC1CC1)NC=O)c1ccccc1. The molecule has 2 rings (SSSR count). The lowest BCUT2D eigenvalue weighted by Gasteiger charge is -2.16. The lowest BCUT2D eigenvalue weighted by atomic mass is 10.1. The van der Waals surface area contributed by atoms with Gasteiger partial charge in [0.05, 0.1) is 18.6 Å². The number of rotatable bonds is 10. The minimum atomic E-state index is -0.859. The van der Waals surface area contributed by atoms with Crippen molar-refractivity contribution in [3.63, 3.8) is 0 Å². The third-order valence-electron chi connectivity index (χ3n) is 4.16. The maximum Gasteiger partial charge on any atom is 0.290 e. The predicted octanol–water partition coefficient (Wildman–Crippen LogP) is 0.464. The molecule has 7 nitrogen and oxygen atoms in total. The van der Waals surface area contributed by atoms with E-state index < -0.39 is 17.7 Å². The Labute approximate surface area is 146 Å². The number of carbonyl (C=O) groups is 4. The fourth-order valence-corrected chi connectivity index (χ4v) is 2.54. The Morgan fingerprint density at radius 3 is 2.48 bits per heavy atom. The Morgan fingerprint density at radius 2 is 1.88 bits per heavy atom. The molecule has 25 heavy (non-hydrogen) atoms. The summed E-state index contributed by atoms with van der Waals surface area (Å²) < 4.78 is 0. The monoisotopic (exact) mass is 345 g/mol. The fourth-order valence-electron chi connectivity index (χ4n) is 2.54. The first-order chi connectivity index (χ1) is 12.0. The molecule has 2 unspecified atom stereocenters. The van der Waals surface area contributed by atoms with E-state index in [-0.39, 0.29) is 18.5 Å². The fraction of sp³-hybridized carbons (Fsp3) is 0.444. The maximum absolute atomic E-state index is 12.1. The summed E-state index contributed by atoms with van der Waals surface area (Å²) in [5.74, 6) is -1.59. The van der Waals surface area contributed by atoms with E-state index >= 15 is 0 Å². The minimum Gasteiger partial charge on any atom is -0.348 e. The highest BCUT2D eigenvalue weighted by Crippen LogP contribution is 2.33. The number of benzene rings is 1. The average molecular weight is 345 g/mol. The standard InChI is InChI=1S/C18H23N3O4/c1-12(14-5-3-2-4-6-14)21-16(23)10-19-18(25)17(24)15(20-11-22)9-13-7-8-13/h2-6,11-13,15H,7-10H2,1H3,(H,19,25)(H,20,22)(H,21,23). The highest BCUT2D eigenvalue weighted by molar-refractivity contribution is 6.38. The molecule has 0 aliphatic heterocycles.